The number of hydrogen-bond donors (Lipinski definition) is 1. The third kappa shape index (κ3) is 2.68. The van der Waals surface area contributed by atoms with Crippen molar-refractivity contribution in [3.8, 4) is 0 Å². The molecule has 2 N–H and O–H groups in total. The molecule has 0 aromatic rings. The summed E-state index contributed by atoms with van der Waals surface area (Å²) in [5.74, 6) is 0. The zero-order valence-corrected chi connectivity index (χ0v) is 8.28. The fourth-order valence-corrected chi connectivity index (χ4v) is 2.10. The van der Waals surface area contributed by atoms with Crippen molar-refractivity contribution in [2.24, 2.45) is 5.73 Å². The molecule has 1 rings (SSSR count). The summed E-state index contributed by atoms with van der Waals surface area (Å²) in [6, 6.07) is 0.885. The molecule has 1 aliphatic carbocycles. The average molecular weight is 180 g/mol. The minimum Gasteiger partial charge on any atom is -0.326 e. The zero-order valence-electron chi connectivity index (χ0n) is 8.28. The molecule has 1 aliphatic rings. The van der Waals surface area contributed by atoms with E-state index in [1.165, 1.54) is 12.8 Å². The Morgan fingerprint density at radius 1 is 1.23 bits per heavy atom. The summed E-state index contributed by atoms with van der Waals surface area (Å²) in [6.45, 7) is 9.37. The molecular weight excluding hydrogens is 160 g/mol. The lowest BCUT2D eigenvalue weighted by Gasteiger charge is -2.29. The average Bonchev–Trinajstić information content (AvgIpc) is 2.51. The number of hydrogen-bond acceptors (Lipinski definition) is 2. The van der Waals surface area contributed by atoms with Gasteiger partial charge in [0.25, 0.3) is 0 Å². The van der Waals surface area contributed by atoms with Crippen molar-refractivity contribution < 1.29 is 0 Å². The van der Waals surface area contributed by atoms with Gasteiger partial charge in [0, 0.05) is 25.2 Å². The fourth-order valence-electron chi connectivity index (χ4n) is 2.10. The molecule has 0 spiro atoms. The minimum absolute atomic E-state index is 0.347. The molecule has 2 atom stereocenters. The van der Waals surface area contributed by atoms with Crippen LogP contribution >= 0.6 is 0 Å². The van der Waals surface area contributed by atoms with Crippen molar-refractivity contribution >= 4 is 0 Å². The Bertz CT molecular complexity index is 167. The van der Waals surface area contributed by atoms with Gasteiger partial charge in [0.1, 0.15) is 0 Å². The van der Waals surface area contributed by atoms with Crippen molar-refractivity contribution in [3.05, 3.63) is 25.3 Å². The maximum Gasteiger partial charge on any atom is 0.0253 e. The van der Waals surface area contributed by atoms with Crippen LogP contribution < -0.4 is 5.73 Å². The van der Waals surface area contributed by atoms with E-state index in [9.17, 15) is 0 Å². The van der Waals surface area contributed by atoms with Gasteiger partial charge in [-0.15, -0.1) is 13.2 Å². The van der Waals surface area contributed by atoms with Crippen molar-refractivity contribution in [1.82, 2.24) is 4.90 Å². The molecule has 0 amide bonds. The van der Waals surface area contributed by atoms with E-state index >= 15 is 0 Å². The maximum atomic E-state index is 6.03. The normalized spacial score (nSPS) is 27.8. The van der Waals surface area contributed by atoms with Crippen LogP contribution in [0.4, 0.5) is 0 Å². The van der Waals surface area contributed by atoms with Gasteiger partial charge in [0.05, 0.1) is 0 Å². The molecule has 0 unspecified atom stereocenters. The first kappa shape index (κ1) is 10.5. The third-order valence-corrected chi connectivity index (χ3v) is 2.73. The van der Waals surface area contributed by atoms with Gasteiger partial charge in [-0.05, 0) is 12.8 Å². The summed E-state index contributed by atoms with van der Waals surface area (Å²) in [7, 11) is 0. The van der Waals surface area contributed by atoms with Gasteiger partial charge in [-0.3, -0.25) is 4.90 Å². The molecule has 0 bridgehead atoms. The van der Waals surface area contributed by atoms with Crippen LogP contribution in [0.25, 0.3) is 0 Å². The van der Waals surface area contributed by atoms with Crippen LogP contribution in [0.5, 0.6) is 0 Å². The molecule has 74 valence electrons. The second-order valence-electron chi connectivity index (χ2n) is 3.69. The second kappa shape index (κ2) is 5.20. The van der Waals surface area contributed by atoms with Gasteiger partial charge >= 0.3 is 0 Å². The van der Waals surface area contributed by atoms with Gasteiger partial charge < -0.3 is 5.73 Å². The first-order valence-electron chi connectivity index (χ1n) is 5.01. The third-order valence-electron chi connectivity index (χ3n) is 2.73. The van der Waals surface area contributed by atoms with Crippen molar-refractivity contribution in [2.45, 2.75) is 31.3 Å². The Morgan fingerprint density at radius 2 is 1.85 bits per heavy atom. The number of nitrogens with two attached hydrogens (primary N) is 1. The molecule has 1 fully saturated rings. The summed E-state index contributed by atoms with van der Waals surface area (Å²) in [6.07, 6.45) is 7.53. The monoisotopic (exact) mass is 180 g/mol. The zero-order chi connectivity index (χ0) is 9.68. The van der Waals surface area contributed by atoms with Crippen molar-refractivity contribution in [3.63, 3.8) is 0 Å². The first-order chi connectivity index (χ1) is 6.29. The van der Waals surface area contributed by atoms with E-state index in [2.05, 4.69) is 18.1 Å². The molecule has 1 saturated carbocycles. The molecule has 0 radical (unpaired) electrons. The summed E-state index contributed by atoms with van der Waals surface area (Å²) < 4.78 is 0. The summed E-state index contributed by atoms with van der Waals surface area (Å²) in [5, 5.41) is 0. The van der Waals surface area contributed by atoms with E-state index in [0.29, 0.717) is 12.1 Å². The molecule has 0 saturated heterocycles. The summed E-state index contributed by atoms with van der Waals surface area (Å²) in [5.41, 5.74) is 6.03. The van der Waals surface area contributed by atoms with E-state index in [0.717, 1.165) is 19.5 Å². The fraction of sp³-hybridized carbons (Fsp3) is 0.636. The van der Waals surface area contributed by atoms with E-state index in [1.54, 1.807) is 0 Å². The van der Waals surface area contributed by atoms with Crippen LogP contribution in [0, 0.1) is 0 Å². The highest BCUT2D eigenvalue weighted by molar-refractivity contribution is 4.92. The molecular formula is C11H20N2. The van der Waals surface area contributed by atoms with Gasteiger partial charge in [-0.1, -0.05) is 18.6 Å². The maximum absolute atomic E-state index is 6.03. The lowest BCUT2D eigenvalue weighted by molar-refractivity contribution is 0.226. The van der Waals surface area contributed by atoms with Crippen LogP contribution in [0.3, 0.4) is 0 Å². The molecule has 0 aromatic carbocycles. The Labute approximate surface area is 81.1 Å². The standard InChI is InChI=1S/C11H20N2/c1-3-8-13(9-4-2)11-7-5-6-10(11)12/h3-4,10-11H,1-2,5-9,12H2/t10-,11-/m1/s1. The Hall–Kier alpha value is -0.600. The Kier molecular flexibility index (Phi) is 4.19. The molecule has 0 heterocycles. The topological polar surface area (TPSA) is 29.3 Å². The quantitative estimate of drug-likeness (QED) is 0.650. The second-order valence-corrected chi connectivity index (χ2v) is 3.69. The van der Waals surface area contributed by atoms with E-state index in [-0.39, 0.29) is 0 Å². The molecule has 0 aromatic heterocycles. The lowest BCUT2D eigenvalue weighted by Crippen LogP contribution is -2.44. The van der Waals surface area contributed by atoms with Gasteiger partial charge in [0.2, 0.25) is 0 Å². The van der Waals surface area contributed by atoms with E-state index in [1.807, 2.05) is 12.2 Å². The summed E-state index contributed by atoms with van der Waals surface area (Å²) >= 11 is 0. The predicted molar refractivity (Wildman–Crippen MR) is 57.6 cm³/mol. The molecule has 13 heavy (non-hydrogen) atoms. The van der Waals surface area contributed by atoms with E-state index < -0.39 is 0 Å². The summed E-state index contributed by atoms with van der Waals surface area (Å²) in [4.78, 5) is 2.36. The van der Waals surface area contributed by atoms with Gasteiger partial charge in [0.15, 0.2) is 0 Å². The highest BCUT2D eigenvalue weighted by Gasteiger charge is 2.27. The lowest BCUT2D eigenvalue weighted by atomic mass is 10.1. The Balaban J connectivity index is 2.51. The van der Waals surface area contributed by atoms with Gasteiger partial charge in [-0.2, -0.15) is 0 Å². The molecule has 2 nitrogen and oxygen atoms in total. The number of rotatable bonds is 5. The van der Waals surface area contributed by atoms with Crippen LogP contribution in [-0.4, -0.2) is 30.1 Å². The molecule has 0 aliphatic heterocycles. The van der Waals surface area contributed by atoms with Crippen LogP contribution in [-0.2, 0) is 0 Å². The largest absolute Gasteiger partial charge is 0.326 e. The minimum atomic E-state index is 0.347. The van der Waals surface area contributed by atoms with Crippen molar-refractivity contribution in [1.29, 1.82) is 0 Å². The van der Waals surface area contributed by atoms with Crippen LogP contribution in [0.2, 0.25) is 0 Å². The highest BCUT2D eigenvalue weighted by atomic mass is 15.2. The van der Waals surface area contributed by atoms with Crippen LogP contribution in [0.15, 0.2) is 25.3 Å². The highest BCUT2D eigenvalue weighted by Crippen LogP contribution is 2.22. The van der Waals surface area contributed by atoms with E-state index in [4.69, 9.17) is 5.73 Å². The van der Waals surface area contributed by atoms with Gasteiger partial charge in [-0.25, -0.2) is 0 Å². The number of nitrogens with zero attached hydrogens (tertiary/aromatic N) is 1. The Morgan fingerprint density at radius 3 is 2.23 bits per heavy atom. The smallest absolute Gasteiger partial charge is 0.0253 e. The predicted octanol–water partition coefficient (Wildman–Crippen LogP) is 1.54. The molecule has 2 heteroatoms. The van der Waals surface area contributed by atoms with Crippen molar-refractivity contribution in [2.75, 3.05) is 13.1 Å². The first-order valence-corrected chi connectivity index (χ1v) is 5.01. The van der Waals surface area contributed by atoms with Crippen LogP contribution in [0.1, 0.15) is 19.3 Å². The SMILES string of the molecule is C=CCN(CC=C)[C@@H]1CCC[C@H]1N.